The first-order valence-electron chi connectivity index (χ1n) is 10.9. The zero-order chi connectivity index (χ0) is 25.5. The Morgan fingerprint density at radius 1 is 1.03 bits per heavy atom. The lowest BCUT2D eigenvalue weighted by Crippen LogP contribution is -2.59. The van der Waals surface area contributed by atoms with Crippen LogP contribution in [0.1, 0.15) is 50.5 Å². The molecule has 0 heterocycles. The molecule has 0 aromatic heterocycles. The zero-order valence-corrected chi connectivity index (χ0v) is 21.9. The van der Waals surface area contributed by atoms with Crippen LogP contribution in [0, 0.1) is 5.92 Å². The maximum atomic E-state index is 13.5. The van der Waals surface area contributed by atoms with Gasteiger partial charge in [-0.15, -0.1) is 0 Å². The normalized spacial score (nSPS) is 12.0. The number of halogens is 1. The molecule has 2 aromatic carbocycles. The van der Waals surface area contributed by atoms with E-state index in [1.807, 2.05) is 12.1 Å². The largest absolute Gasteiger partial charge is 0.497 e. The molecule has 0 saturated heterocycles. The predicted octanol–water partition coefficient (Wildman–Crippen LogP) is 4.68. The monoisotopic (exact) mass is 533 g/mol. The third-order valence-corrected chi connectivity index (χ3v) is 5.43. The van der Waals surface area contributed by atoms with Crippen LogP contribution in [0.4, 0.5) is 4.79 Å². The zero-order valence-electron chi connectivity index (χ0n) is 20.3. The summed E-state index contributed by atoms with van der Waals surface area (Å²) in [4.78, 5) is 39.4. The van der Waals surface area contributed by atoms with Crippen LogP contribution in [0.25, 0.3) is 0 Å². The molecule has 1 atom stereocenters. The molecule has 34 heavy (non-hydrogen) atoms. The van der Waals surface area contributed by atoms with Gasteiger partial charge in [-0.25, -0.2) is 15.2 Å². The Morgan fingerprint density at radius 2 is 1.65 bits per heavy atom. The second-order valence-corrected chi connectivity index (χ2v) is 9.88. The number of methoxy groups -OCH3 is 1. The van der Waals surface area contributed by atoms with Crippen molar-refractivity contribution in [1.82, 2.24) is 15.8 Å². The number of hydrogen-bond donors (Lipinski definition) is 2. The summed E-state index contributed by atoms with van der Waals surface area (Å²) in [5, 5.41) is 3.91. The second kappa shape index (κ2) is 11.9. The highest BCUT2D eigenvalue weighted by atomic mass is 79.9. The Hall–Kier alpha value is -3.07. The van der Waals surface area contributed by atoms with Crippen LogP contribution in [0.3, 0.4) is 0 Å². The van der Waals surface area contributed by atoms with Crippen molar-refractivity contribution in [3.05, 3.63) is 64.1 Å². The average molecular weight is 534 g/mol. The van der Waals surface area contributed by atoms with E-state index in [4.69, 9.17) is 9.47 Å². The third-order valence-electron chi connectivity index (χ3n) is 4.74. The molecule has 9 heteroatoms. The van der Waals surface area contributed by atoms with Gasteiger partial charge in [0.2, 0.25) is 5.91 Å². The van der Waals surface area contributed by atoms with Gasteiger partial charge in [0.05, 0.1) is 12.7 Å². The van der Waals surface area contributed by atoms with Gasteiger partial charge >= 0.3 is 6.09 Å². The fourth-order valence-electron chi connectivity index (χ4n) is 3.17. The van der Waals surface area contributed by atoms with E-state index >= 15 is 0 Å². The van der Waals surface area contributed by atoms with Crippen molar-refractivity contribution in [1.29, 1.82) is 0 Å². The summed E-state index contributed by atoms with van der Waals surface area (Å²) < 4.78 is 11.0. The van der Waals surface area contributed by atoms with Crippen LogP contribution < -0.4 is 15.5 Å². The standard InChI is InChI=1S/C25H32BrN3O5/c1-16(2)21(22(30)27-15-17-11-13-18(33-6)14-12-17)29(28-24(32)34-25(3,4)5)23(31)19-9-7-8-10-20(19)26/h7-14,16,21H,15H2,1-6H3,(H,27,30)(H,28,32). The van der Waals surface area contributed by atoms with E-state index in [2.05, 4.69) is 26.7 Å². The quantitative estimate of drug-likeness (QED) is 0.503. The summed E-state index contributed by atoms with van der Waals surface area (Å²) in [5.41, 5.74) is 2.88. The third kappa shape index (κ3) is 7.76. The number of hydrazine groups is 1. The van der Waals surface area contributed by atoms with Gasteiger partial charge in [-0.1, -0.05) is 38.1 Å². The molecule has 2 N–H and O–H groups in total. The molecule has 0 radical (unpaired) electrons. The van der Waals surface area contributed by atoms with Gasteiger partial charge in [-0.05, 0) is 72.4 Å². The Kier molecular flexibility index (Phi) is 9.49. The summed E-state index contributed by atoms with van der Waals surface area (Å²) in [5.74, 6) is -0.571. The van der Waals surface area contributed by atoms with Gasteiger partial charge < -0.3 is 14.8 Å². The van der Waals surface area contributed by atoms with Crippen molar-refractivity contribution in [2.24, 2.45) is 5.92 Å². The van der Waals surface area contributed by atoms with Crippen LogP contribution >= 0.6 is 15.9 Å². The van der Waals surface area contributed by atoms with E-state index in [0.29, 0.717) is 15.8 Å². The van der Waals surface area contributed by atoms with Crippen molar-refractivity contribution in [2.75, 3.05) is 7.11 Å². The Balaban J connectivity index is 2.31. The molecule has 184 valence electrons. The topological polar surface area (TPSA) is 97.0 Å². The Bertz CT molecular complexity index is 1000. The summed E-state index contributed by atoms with van der Waals surface area (Å²) in [6, 6.07) is 13.1. The molecule has 0 saturated carbocycles. The number of nitrogens with zero attached hydrogens (tertiary/aromatic N) is 1. The van der Waals surface area contributed by atoms with E-state index < -0.39 is 29.6 Å². The average Bonchev–Trinajstić information content (AvgIpc) is 2.76. The highest BCUT2D eigenvalue weighted by molar-refractivity contribution is 9.10. The number of amides is 3. The first-order chi connectivity index (χ1) is 15.9. The minimum atomic E-state index is -0.995. The van der Waals surface area contributed by atoms with E-state index in [1.165, 1.54) is 0 Å². The molecule has 0 aliphatic carbocycles. The first kappa shape index (κ1) is 27.2. The molecular weight excluding hydrogens is 502 g/mol. The van der Waals surface area contributed by atoms with Crippen molar-refractivity contribution < 1.29 is 23.9 Å². The minimum absolute atomic E-state index is 0.246. The van der Waals surface area contributed by atoms with Crippen LogP contribution in [-0.4, -0.2) is 41.7 Å². The lowest BCUT2D eigenvalue weighted by Gasteiger charge is -2.34. The molecule has 0 aliphatic heterocycles. The van der Waals surface area contributed by atoms with Crippen LogP contribution in [-0.2, 0) is 16.1 Å². The molecule has 3 amide bonds. The molecule has 0 fully saturated rings. The number of nitrogens with one attached hydrogen (secondary N) is 2. The molecule has 0 spiro atoms. The first-order valence-corrected chi connectivity index (χ1v) is 11.7. The van der Waals surface area contributed by atoms with E-state index in [9.17, 15) is 14.4 Å². The van der Waals surface area contributed by atoms with Gasteiger partial charge in [0.15, 0.2) is 0 Å². The molecule has 0 bridgehead atoms. The lowest BCUT2D eigenvalue weighted by molar-refractivity contribution is -0.128. The highest BCUT2D eigenvalue weighted by Crippen LogP contribution is 2.21. The number of carbonyl (C=O) groups excluding carboxylic acids is 3. The van der Waals surface area contributed by atoms with Gasteiger partial charge in [0.25, 0.3) is 5.91 Å². The number of carbonyl (C=O) groups is 3. The maximum absolute atomic E-state index is 13.5. The number of hydrogen-bond acceptors (Lipinski definition) is 5. The number of ether oxygens (including phenoxy) is 2. The van der Waals surface area contributed by atoms with Gasteiger partial charge in [0, 0.05) is 11.0 Å². The molecular formula is C25H32BrN3O5. The minimum Gasteiger partial charge on any atom is -0.497 e. The molecule has 2 rings (SSSR count). The van der Waals surface area contributed by atoms with Crippen LogP contribution in [0.2, 0.25) is 0 Å². The van der Waals surface area contributed by atoms with Gasteiger partial charge in [-0.2, -0.15) is 0 Å². The SMILES string of the molecule is COc1ccc(CNC(=O)C(C(C)C)N(NC(=O)OC(C)(C)C)C(=O)c2ccccc2Br)cc1. The molecule has 0 aliphatic rings. The fourth-order valence-corrected chi connectivity index (χ4v) is 3.62. The smallest absolute Gasteiger partial charge is 0.426 e. The van der Waals surface area contributed by atoms with Crippen molar-refractivity contribution in [3.63, 3.8) is 0 Å². The van der Waals surface area contributed by atoms with Gasteiger partial charge in [0.1, 0.15) is 17.4 Å². The maximum Gasteiger partial charge on any atom is 0.426 e. The Labute approximate surface area is 209 Å². The van der Waals surface area contributed by atoms with Crippen LogP contribution in [0.5, 0.6) is 5.75 Å². The van der Waals surface area contributed by atoms with E-state index in [-0.39, 0.29) is 12.5 Å². The highest BCUT2D eigenvalue weighted by Gasteiger charge is 2.36. The van der Waals surface area contributed by atoms with E-state index in [1.54, 1.807) is 78.1 Å². The fraction of sp³-hybridized carbons (Fsp3) is 0.400. The van der Waals surface area contributed by atoms with E-state index in [0.717, 1.165) is 10.6 Å². The number of rotatable bonds is 7. The van der Waals surface area contributed by atoms with Gasteiger partial charge in [-0.3, -0.25) is 9.59 Å². The number of benzene rings is 2. The van der Waals surface area contributed by atoms with Crippen molar-refractivity contribution in [3.8, 4) is 5.75 Å². The molecule has 8 nitrogen and oxygen atoms in total. The van der Waals surface area contributed by atoms with Crippen LogP contribution in [0.15, 0.2) is 53.0 Å². The summed E-state index contributed by atoms with van der Waals surface area (Å²) in [6.45, 7) is 9.00. The summed E-state index contributed by atoms with van der Waals surface area (Å²) in [7, 11) is 1.58. The summed E-state index contributed by atoms with van der Waals surface area (Å²) >= 11 is 3.37. The Morgan fingerprint density at radius 3 is 2.18 bits per heavy atom. The summed E-state index contributed by atoms with van der Waals surface area (Å²) in [6.07, 6.45) is -0.832. The predicted molar refractivity (Wildman–Crippen MR) is 133 cm³/mol. The second-order valence-electron chi connectivity index (χ2n) is 9.02. The van der Waals surface area contributed by atoms with Crippen molar-refractivity contribution >= 4 is 33.8 Å². The molecule has 1 unspecified atom stereocenters. The lowest BCUT2D eigenvalue weighted by atomic mass is 10.0. The molecule has 2 aromatic rings. The van der Waals surface area contributed by atoms with Crippen molar-refractivity contribution in [2.45, 2.75) is 52.8 Å².